The SMILES string of the molecule is COc1ccc(N2C(=O)N(c3c(C)nn(C)c3C)Cc3cnc(Nc4ccc(C5CCN(C)CC5)cc4OC)nc32)nc1. The van der Waals surface area contributed by atoms with Gasteiger partial charge in [-0.15, -0.1) is 0 Å². The molecule has 1 aromatic carbocycles. The summed E-state index contributed by atoms with van der Waals surface area (Å²) in [7, 11) is 7.28. The first-order chi connectivity index (χ1) is 20.8. The van der Waals surface area contributed by atoms with E-state index in [4.69, 9.17) is 14.5 Å². The van der Waals surface area contributed by atoms with Crippen LogP contribution in [0.4, 0.5) is 33.8 Å². The Bertz CT molecular complexity index is 1650. The molecule has 1 fully saturated rings. The number of benzene rings is 1. The van der Waals surface area contributed by atoms with Crippen molar-refractivity contribution < 1.29 is 14.3 Å². The third-order valence-electron chi connectivity index (χ3n) is 8.39. The summed E-state index contributed by atoms with van der Waals surface area (Å²) >= 11 is 0. The van der Waals surface area contributed by atoms with Gasteiger partial charge in [0.15, 0.2) is 5.82 Å². The summed E-state index contributed by atoms with van der Waals surface area (Å²) in [6, 6.07) is 9.49. The third-order valence-corrected chi connectivity index (χ3v) is 8.39. The van der Waals surface area contributed by atoms with Crippen molar-refractivity contribution in [2.45, 2.75) is 39.2 Å². The molecule has 0 atom stereocenters. The van der Waals surface area contributed by atoms with Crippen LogP contribution in [-0.2, 0) is 13.6 Å². The van der Waals surface area contributed by atoms with Crippen LogP contribution in [0.1, 0.15) is 41.3 Å². The van der Waals surface area contributed by atoms with Crippen LogP contribution in [0.3, 0.4) is 0 Å². The van der Waals surface area contributed by atoms with Crippen LogP contribution in [0, 0.1) is 13.8 Å². The van der Waals surface area contributed by atoms with Crippen LogP contribution in [-0.4, -0.2) is 70.0 Å². The maximum Gasteiger partial charge on any atom is 0.336 e. The average molecular weight is 584 g/mol. The molecule has 2 amide bonds. The number of carbonyl (C=O) groups is 1. The van der Waals surface area contributed by atoms with Gasteiger partial charge in [-0.3, -0.25) is 9.58 Å². The Morgan fingerprint density at radius 1 is 0.977 bits per heavy atom. The molecule has 0 bridgehead atoms. The summed E-state index contributed by atoms with van der Waals surface area (Å²) in [4.78, 5) is 33.8. The first-order valence-electron chi connectivity index (χ1n) is 14.4. The molecule has 3 aromatic heterocycles. The van der Waals surface area contributed by atoms with Gasteiger partial charge in [0, 0.05) is 18.8 Å². The lowest BCUT2D eigenvalue weighted by Crippen LogP contribution is -2.46. The van der Waals surface area contributed by atoms with E-state index in [1.807, 2.05) is 27.0 Å². The lowest BCUT2D eigenvalue weighted by atomic mass is 9.89. The van der Waals surface area contributed by atoms with E-state index in [2.05, 4.69) is 44.5 Å². The Morgan fingerprint density at radius 2 is 1.77 bits per heavy atom. The Hall–Kier alpha value is -4.71. The van der Waals surface area contributed by atoms with Gasteiger partial charge in [-0.05, 0) is 82.6 Å². The first kappa shape index (κ1) is 28.4. The summed E-state index contributed by atoms with van der Waals surface area (Å²) in [5, 5.41) is 7.85. The van der Waals surface area contributed by atoms with E-state index in [-0.39, 0.29) is 6.03 Å². The highest BCUT2D eigenvalue weighted by Crippen LogP contribution is 2.39. The molecule has 1 N–H and O–H groups in total. The smallest absolute Gasteiger partial charge is 0.336 e. The van der Waals surface area contributed by atoms with Crippen LogP contribution in [0.2, 0.25) is 0 Å². The summed E-state index contributed by atoms with van der Waals surface area (Å²) in [6.45, 7) is 6.32. The van der Waals surface area contributed by atoms with Crippen molar-refractivity contribution in [3.8, 4) is 11.5 Å². The van der Waals surface area contributed by atoms with Gasteiger partial charge < -0.3 is 19.7 Å². The largest absolute Gasteiger partial charge is 0.495 e. The number of likely N-dealkylation sites (tertiary alicyclic amines) is 1. The fourth-order valence-electron chi connectivity index (χ4n) is 5.90. The second-order valence-corrected chi connectivity index (χ2v) is 11.1. The number of nitrogens with zero attached hydrogens (tertiary/aromatic N) is 8. The molecule has 2 aliphatic rings. The number of carbonyl (C=O) groups excluding carboxylic acids is 1. The van der Waals surface area contributed by atoms with Crippen molar-refractivity contribution >= 4 is 35.0 Å². The molecule has 2 aliphatic heterocycles. The van der Waals surface area contributed by atoms with Crippen molar-refractivity contribution in [2.75, 3.05) is 49.5 Å². The zero-order chi connectivity index (χ0) is 30.2. The summed E-state index contributed by atoms with van der Waals surface area (Å²) < 4.78 is 12.8. The van der Waals surface area contributed by atoms with Crippen LogP contribution in [0.5, 0.6) is 11.5 Å². The molecule has 0 radical (unpaired) electrons. The highest BCUT2D eigenvalue weighted by molar-refractivity contribution is 6.10. The van der Waals surface area contributed by atoms with Gasteiger partial charge in [-0.25, -0.2) is 19.7 Å². The van der Waals surface area contributed by atoms with Gasteiger partial charge in [0.1, 0.15) is 17.3 Å². The number of urea groups is 1. The minimum atomic E-state index is -0.283. The number of fused-ring (bicyclic) bond motifs is 1. The van der Waals surface area contributed by atoms with Crippen molar-refractivity contribution in [1.82, 2.24) is 29.6 Å². The highest BCUT2D eigenvalue weighted by Gasteiger charge is 2.37. The topological polar surface area (TPSA) is 114 Å². The lowest BCUT2D eigenvalue weighted by molar-refractivity contribution is 0.252. The molecule has 43 heavy (non-hydrogen) atoms. The van der Waals surface area contributed by atoms with E-state index in [0.717, 1.165) is 60.0 Å². The molecule has 224 valence electrons. The Labute approximate surface area is 251 Å². The van der Waals surface area contributed by atoms with E-state index in [9.17, 15) is 4.79 Å². The van der Waals surface area contributed by atoms with E-state index < -0.39 is 0 Å². The second kappa shape index (κ2) is 11.5. The number of aromatic nitrogens is 5. The first-order valence-corrected chi connectivity index (χ1v) is 14.4. The number of nitrogens with one attached hydrogen (secondary N) is 1. The lowest BCUT2D eigenvalue weighted by Gasteiger charge is -2.35. The molecule has 12 heteroatoms. The van der Waals surface area contributed by atoms with Crippen molar-refractivity contribution in [3.05, 3.63) is 65.2 Å². The Balaban J connectivity index is 1.36. The average Bonchev–Trinajstić information content (AvgIpc) is 3.27. The molecule has 0 spiro atoms. The molecular formula is C31H37N9O3. The number of anilines is 5. The number of rotatable bonds is 7. The number of pyridine rings is 1. The summed E-state index contributed by atoms with van der Waals surface area (Å²) in [6.07, 6.45) is 5.58. The molecule has 4 aromatic rings. The minimum absolute atomic E-state index is 0.283. The molecule has 1 saturated heterocycles. The van der Waals surface area contributed by atoms with Gasteiger partial charge in [0.05, 0.1) is 49.7 Å². The molecule has 0 aliphatic carbocycles. The predicted octanol–water partition coefficient (Wildman–Crippen LogP) is 5.07. The van der Waals surface area contributed by atoms with E-state index in [1.54, 1.807) is 48.3 Å². The Morgan fingerprint density at radius 3 is 2.42 bits per heavy atom. The van der Waals surface area contributed by atoms with Crippen LogP contribution in [0.15, 0.2) is 42.7 Å². The molecular weight excluding hydrogens is 546 g/mol. The van der Waals surface area contributed by atoms with Crippen molar-refractivity contribution in [3.63, 3.8) is 0 Å². The quantitative estimate of drug-likeness (QED) is 0.319. The van der Waals surface area contributed by atoms with Gasteiger partial charge in [0.25, 0.3) is 0 Å². The van der Waals surface area contributed by atoms with Crippen LogP contribution in [0.25, 0.3) is 0 Å². The summed E-state index contributed by atoms with van der Waals surface area (Å²) in [5.74, 6) is 3.03. The fraction of sp³-hybridized carbons (Fsp3) is 0.387. The Kier molecular flexibility index (Phi) is 7.61. The molecule has 0 unspecified atom stereocenters. The standard InChI is InChI=1S/C31H37N9O3/c1-19-28(20(2)38(4)36-19)39-18-23-16-33-30(35-29(23)40(31(39)41)27-10-8-24(42-5)17-32-27)34-25-9-7-22(15-26(25)43-6)21-11-13-37(3)14-12-21/h7-10,15-17,21H,11-14,18H2,1-6H3,(H,33,34,35). The number of ether oxygens (including phenoxy) is 2. The summed E-state index contributed by atoms with van der Waals surface area (Å²) in [5.41, 5.74) is 5.19. The minimum Gasteiger partial charge on any atom is -0.495 e. The number of hydrogen-bond donors (Lipinski definition) is 1. The zero-order valence-corrected chi connectivity index (χ0v) is 25.5. The highest BCUT2D eigenvalue weighted by atomic mass is 16.5. The second-order valence-electron chi connectivity index (χ2n) is 11.1. The fourth-order valence-corrected chi connectivity index (χ4v) is 5.90. The van der Waals surface area contributed by atoms with Gasteiger partial charge in [-0.2, -0.15) is 10.1 Å². The number of aryl methyl sites for hydroxylation is 2. The molecule has 6 rings (SSSR count). The number of hydrogen-bond acceptors (Lipinski definition) is 9. The monoisotopic (exact) mass is 583 g/mol. The number of amides is 2. The maximum absolute atomic E-state index is 14.2. The zero-order valence-electron chi connectivity index (χ0n) is 25.5. The van der Waals surface area contributed by atoms with E-state index >= 15 is 0 Å². The van der Waals surface area contributed by atoms with Crippen LogP contribution >= 0.6 is 0 Å². The van der Waals surface area contributed by atoms with Crippen molar-refractivity contribution in [1.29, 1.82) is 0 Å². The van der Waals surface area contributed by atoms with E-state index in [1.165, 1.54) is 10.5 Å². The van der Waals surface area contributed by atoms with Gasteiger partial charge >= 0.3 is 6.03 Å². The van der Waals surface area contributed by atoms with Crippen LogP contribution < -0.4 is 24.6 Å². The molecule has 5 heterocycles. The number of piperidine rings is 1. The predicted molar refractivity (Wildman–Crippen MR) is 165 cm³/mol. The molecule has 0 saturated carbocycles. The normalized spacial score (nSPS) is 15.9. The molecule has 12 nitrogen and oxygen atoms in total. The van der Waals surface area contributed by atoms with Gasteiger partial charge in [0.2, 0.25) is 5.95 Å². The van der Waals surface area contributed by atoms with E-state index in [0.29, 0.717) is 35.8 Å². The number of methoxy groups -OCH3 is 2. The van der Waals surface area contributed by atoms with Crippen molar-refractivity contribution in [2.24, 2.45) is 7.05 Å². The third kappa shape index (κ3) is 5.34. The van der Waals surface area contributed by atoms with Gasteiger partial charge in [-0.1, -0.05) is 6.07 Å². The maximum atomic E-state index is 14.2.